The molecule has 0 radical (unpaired) electrons. The van der Waals surface area contributed by atoms with Gasteiger partial charge in [-0.15, -0.1) is 0 Å². The van der Waals surface area contributed by atoms with Gasteiger partial charge in [0.15, 0.2) is 0 Å². The molecule has 1 atom stereocenters. The lowest BCUT2D eigenvalue weighted by Gasteiger charge is -2.21. The Morgan fingerprint density at radius 1 is 0.833 bits per heavy atom. The lowest BCUT2D eigenvalue weighted by atomic mass is 9.84. The molecule has 1 nitrogen and oxygen atoms in total. The Hall–Kier alpha value is -1.81. The molecule has 0 aromatic heterocycles. The van der Waals surface area contributed by atoms with Crippen LogP contribution in [0.15, 0.2) is 48.5 Å². The molecule has 24 heavy (non-hydrogen) atoms. The second-order valence-electron chi connectivity index (χ2n) is 7.20. The Morgan fingerprint density at radius 2 is 1.33 bits per heavy atom. The zero-order valence-corrected chi connectivity index (χ0v) is 14.3. The second-order valence-corrected chi connectivity index (χ2v) is 7.20. The molecule has 2 rings (SSSR count). The Kier molecular flexibility index (Phi) is 5.38. The van der Waals surface area contributed by atoms with E-state index >= 15 is 0 Å². The monoisotopic (exact) mass is 335 g/mol. The first-order valence-corrected chi connectivity index (χ1v) is 8.08. The Bertz CT molecular complexity index is 649. The zero-order valence-electron chi connectivity index (χ0n) is 14.3. The molecule has 0 aliphatic heterocycles. The van der Waals surface area contributed by atoms with Gasteiger partial charge in [0.05, 0.1) is 5.56 Å². The van der Waals surface area contributed by atoms with Crippen LogP contribution < -0.4 is 5.73 Å². The molecule has 4 heteroatoms. The third-order valence-electron chi connectivity index (χ3n) is 4.30. The van der Waals surface area contributed by atoms with Crippen LogP contribution in [0.25, 0.3) is 0 Å². The number of benzene rings is 2. The highest BCUT2D eigenvalue weighted by atomic mass is 19.4. The minimum atomic E-state index is -4.30. The van der Waals surface area contributed by atoms with Crippen molar-refractivity contribution in [1.82, 2.24) is 0 Å². The molecule has 0 bridgehead atoms. The first kappa shape index (κ1) is 18.5. The van der Waals surface area contributed by atoms with Gasteiger partial charge in [-0.1, -0.05) is 57.2 Å². The summed E-state index contributed by atoms with van der Waals surface area (Å²) in [7, 11) is 0. The lowest BCUT2D eigenvalue weighted by Crippen LogP contribution is -2.16. The van der Waals surface area contributed by atoms with E-state index in [0.717, 1.165) is 23.3 Å². The molecule has 130 valence electrons. The summed E-state index contributed by atoms with van der Waals surface area (Å²) in [5.41, 5.74) is 8.59. The molecule has 2 aromatic carbocycles. The first-order valence-electron chi connectivity index (χ1n) is 8.08. The predicted octanol–water partition coefficient (Wildman–Crippen LogP) is 5.29. The van der Waals surface area contributed by atoms with Crippen LogP contribution >= 0.6 is 0 Å². The molecule has 2 aromatic rings. The van der Waals surface area contributed by atoms with Gasteiger partial charge in [0.25, 0.3) is 0 Å². The highest BCUT2D eigenvalue weighted by Crippen LogP contribution is 2.30. The number of hydrogen-bond donors (Lipinski definition) is 1. The maximum absolute atomic E-state index is 12.6. The third kappa shape index (κ3) is 4.60. The molecule has 0 aliphatic rings. The maximum Gasteiger partial charge on any atom is 0.416 e. The number of alkyl halides is 3. The van der Waals surface area contributed by atoms with Gasteiger partial charge in [0.1, 0.15) is 0 Å². The fourth-order valence-corrected chi connectivity index (χ4v) is 2.71. The summed E-state index contributed by atoms with van der Waals surface area (Å²) >= 11 is 0. The highest BCUT2D eigenvalue weighted by molar-refractivity contribution is 5.32. The van der Waals surface area contributed by atoms with Crippen LogP contribution in [0.5, 0.6) is 0 Å². The molecule has 0 saturated carbocycles. The molecule has 1 unspecified atom stereocenters. The van der Waals surface area contributed by atoms with Gasteiger partial charge in [-0.2, -0.15) is 13.2 Å². The second kappa shape index (κ2) is 6.98. The van der Waals surface area contributed by atoms with Crippen molar-refractivity contribution >= 4 is 0 Å². The standard InChI is InChI=1S/C20H24F3N/c1-19(2,3)17-10-6-15(7-11-17)16(13-24)12-14-4-8-18(9-5-14)20(21,22)23/h4-11,16H,12-13,24H2,1-3H3. The van der Waals surface area contributed by atoms with E-state index in [0.29, 0.717) is 13.0 Å². The van der Waals surface area contributed by atoms with Crippen molar-refractivity contribution in [2.75, 3.05) is 6.54 Å². The van der Waals surface area contributed by atoms with Crippen LogP contribution in [0.3, 0.4) is 0 Å². The van der Waals surface area contributed by atoms with E-state index in [-0.39, 0.29) is 11.3 Å². The summed E-state index contributed by atoms with van der Waals surface area (Å²) in [5, 5.41) is 0. The average molecular weight is 335 g/mol. The Balaban J connectivity index is 2.14. The Labute approximate surface area is 141 Å². The molecule has 0 spiro atoms. The van der Waals surface area contributed by atoms with Crippen molar-refractivity contribution in [3.63, 3.8) is 0 Å². The van der Waals surface area contributed by atoms with Gasteiger partial charge in [0.2, 0.25) is 0 Å². The lowest BCUT2D eigenvalue weighted by molar-refractivity contribution is -0.137. The smallest absolute Gasteiger partial charge is 0.330 e. The van der Waals surface area contributed by atoms with Crippen LogP contribution in [0, 0.1) is 0 Å². The largest absolute Gasteiger partial charge is 0.416 e. The topological polar surface area (TPSA) is 26.0 Å². The van der Waals surface area contributed by atoms with Crippen LogP contribution in [0.4, 0.5) is 13.2 Å². The van der Waals surface area contributed by atoms with Gasteiger partial charge in [-0.25, -0.2) is 0 Å². The molecule has 0 heterocycles. The summed E-state index contributed by atoms with van der Waals surface area (Å²) in [6, 6.07) is 13.7. The van der Waals surface area contributed by atoms with E-state index in [1.807, 2.05) is 0 Å². The minimum absolute atomic E-state index is 0.0875. The zero-order chi connectivity index (χ0) is 18.0. The number of hydrogen-bond acceptors (Lipinski definition) is 1. The quantitative estimate of drug-likeness (QED) is 0.807. The van der Waals surface area contributed by atoms with Crippen molar-refractivity contribution < 1.29 is 13.2 Å². The van der Waals surface area contributed by atoms with Crippen molar-refractivity contribution in [3.05, 3.63) is 70.8 Å². The van der Waals surface area contributed by atoms with Crippen molar-refractivity contribution in [3.8, 4) is 0 Å². The molecular weight excluding hydrogens is 311 g/mol. The fourth-order valence-electron chi connectivity index (χ4n) is 2.71. The summed E-state index contributed by atoms with van der Waals surface area (Å²) in [6.45, 7) is 6.93. The van der Waals surface area contributed by atoms with E-state index < -0.39 is 11.7 Å². The van der Waals surface area contributed by atoms with Gasteiger partial charge < -0.3 is 5.73 Å². The summed E-state index contributed by atoms with van der Waals surface area (Å²) in [5.74, 6) is 0.0933. The first-order chi connectivity index (χ1) is 11.1. The van der Waals surface area contributed by atoms with Gasteiger partial charge in [-0.3, -0.25) is 0 Å². The van der Waals surface area contributed by atoms with Crippen LogP contribution in [-0.2, 0) is 18.0 Å². The van der Waals surface area contributed by atoms with Gasteiger partial charge in [0, 0.05) is 5.92 Å². The van der Waals surface area contributed by atoms with Gasteiger partial charge in [-0.05, 0) is 47.2 Å². The number of halogens is 3. The maximum atomic E-state index is 12.6. The number of nitrogens with two attached hydrogens (primary N) is 1. The Morgan fingerprint density at radius 3 is 1.75 bits per heavy atom. The predicted molar refractivity (Wildman–Crippen MR) is 92.1 cm³/mol. The summed E-state index contributed by atoms with van der Waals surface area (Å²) in [4.78, 5) is 0. The van der Waals surface area contributed by atoms with E-state index in [2.05, 4.69) is 45.0 Å². The van der Waals surface area contributed by atoms with E-state index in [9.17, 15) is 13.2 Å². The van der Waals surface area contributed by atoms with Gasteiger partial charge >= 0.3 is 6.18 Å². The molecule has 2 N–H and O–H groups in total. The normalized spacial score (nSPS) is 13.8. The molecule has 0 aliphatic carbocycles. The van der Waals surface area contributed by atoms with Crippen molar-refractivity contribution in [1.29, 1.82) is 0 Å². The molecule has 0 saturated heterocycles. The minimum Gasteiger partial charge on any atom is -0.330 e. The summed E-state index contributed by atoms with van der Waals surface area (Å²) in [6.07, 6.45) is -3.67. The molecular formula is C20H24F3N. The average Bonchev–Trinajstić information content (AvgIpc) is 2.51. The third-order valence-corrected chi connectivity index (χ3v) is 4.30. The van der Waals surface area contributed by atoms with Crippen molar-refractivity contribution in [2.24, 2.45) is 5.73 Å². The molecule has 0 fully saturated rings. The number of rotatable bonds is 4. The summed E-state index contributed by atoms with van der Waals surface area (Å²) < 4.78 is 37.9. The fraction of sp³-hybridized carbons (Fsp3) is 0.400. The molecule has 0 amide bonds. The van der Waals surface area contributed by atoms with Crippen LogP contribution in [0.1, 0.15) is 48.9 Å². The van der Waals surface area contributed by atoms with E-state index in [1.165, 1.54) is 17.7 Å². The van der Waals surface area contributed by atoms with E-state index in [1.54, 1.807) is 0 Å². The van der Waals surface area contributed by atoms with Crippen LogP contribution in [-0.4, -0.2) is 6.54 Å². The van der Waals surface area contributed by atoms with E-state index in [4.69, 9.17) is 5.73 Å². The van der Waals surface area contributed by atoms with Crippen LogP contribution in [0.2, 0.25) is 0 Å². The highest BCUT2D eigenvalue weighted by Gasteiger charge is 2.30. The van der Waals surface area contributed by atoms with Crippen molar-refractivity contribution in [2.45, 2.75) is 44.7 Å². The SMILES string of the molecule is CC(C)(C)c1ccc(C(CN)Cc2ccc(C(F)(F)F)cc2)cc1.